The molecule has 1 aliphatic heterocycles. The molecule has 0 spiro atoms. The molecule has 0 aliphatic carbocycles. The summed E-state index contributed by atoms with van der Waals surface area (Å²) in [5, 5.41) is 0.515. The summed E-state index contributed by atoms with van der Waals surface area (Å²) in [5.74, 6) is 3.48. The van der Waals surface area contributed by atoms with Gasteiger partial charge in [-0.1, -0.05) is 43.8 Å². The van der Waals surface area contributed by atoms with E-state index in [9.17, 15) is 0 Å². The summed E-state index contributed by atoms with van der Waals surface area (Å²) < 4.78 is 0. The summed E-state index contributed by atoms with van der Waals surface area (Å²) >= 11 is 1.95. The Bertz CT molecular complexity index is 434. The van der Waals surface area contributed by atoms with Gasteiger partial charge in [-0.25, -0.2) is 0 Å². The van der Waals surface area contributed by atoms with Crippen molar-refractivity contribution in [1.29, 1.82) is 0 Å². The van der Waals surface area contributed by atoms with E-state index in [-0.39, 0.29) is 0 Å². The Morgan fingerprint density at radius 2 is 2.00 bits per heavy atom. The zero-order chi connectivity index (χ0) is 11.6. The standard InChI is InChI=1S/C14H18SSi/c1-16(2,3)11-10-13-9-8-12-6-4-5-7-14(12)15-13/h4-7,13H,8-9H2,1-3H3. The van der Waals surface area contributed by atoms with Gasteiger partial charge in [0.1, 0.15) is 8.07 Å². The second kappa shape index (κ2) is 4.69. The van der Waals surface area contributed by atoms with Crippen LogP contribution in [0.25, 0.3) is 0 Å². The number of thioether (sulfide) groups is 1. The Morgan fingerprint density at radius 1 is 1.25 bits per heavy atom. The van der Waals surface area contributed by atoms with E-state index >= 15 is 0 Å². The Labute approximate surface area is 104 Å². The molecule has 2 heteroatoms. The van der Waals surface area contributed by atoms with Crippen LogP contribution in [-0.2, 0) is 6.42 Å². The summed E-state index contributed by atoms with van der Waals surface area (Å²) in [5.41, 5.74) is 4.99. The number of hydrogen-bond donors (Lipinski definition) is 0. The lowest BCUT2D eigenvalue weighted by atomic mass is 10.1. The van der Waals surface area contributed by atoms with Gasteiger partial charge in [0.15, 0.2) is 0 Å². The first-order valence-corrected chi connectivity index (χ1v) is 10.2. The number of benzene rings is 1. The molecule has 0 saturated heterocycles. The van der Waals surface area contributed by atoms with E-state index in [0.717, 1.165) is 0 Å². The molecular weight excluding hydrogens is 228 g/mol. The van der Waals surface area contributed by atoms with Crippen LogP contribution in [0.4, 0.5) is 0 Å². The second-order valence-electron chi connectivity index (χ2n) is 5.27. The number of hydrogen-bond acceptors (Lipinski definition) is 1. The molecule has 1 aliphatic rings. The van der Waals surface area contributed by atoms with Crippen molar-refractivity contribution in [1.82, 2.24) is 0 Å². The fraction of sp³-hybridized carbons (Fsp3) is 0.429. The monoisotopic (exact) mass is 246 g/mol. The van der Waals surface area contributed by atoms with Crippen LogP contribution < -0.4 is 0 Å². The molecule has 84 valence electrons. The summed E-state index contributed by atoms with van der Waals surface area (Å²) in [6.07, 6.45) is 2.40. The van der Waals surface area contributed by atoms with Crippen LogP contribution in [0.15, 0.2) is 29.2 Å². The molecular formula is C14H18SSi. The highest BCUT2D eigenvalue weighted by atomic mass is 32.2. The molecule has 1 atom stereocenters. The third-order valence-electron chi connectivity index (χ3n) is 2.53. The van der Waals surface area contributed by atoms with Gasteiger partial charge in [-0.2, -0.15) is 0 Å². The average Bonchev–Trinajstić information content (AvgIpc) is 2.25. The number of fused-ring (bicyclic) bond motifs is 1. The van der Waals surface area contributed by atoms with E-state index in [1.807, 2.05) is 11.8 Å². The fourth-order valence-electron chi connectivity index (χ4n) is 1.72. The third kappa shape index (κ3) is 3.17. The van der Waals surface area contributed by atoms with Gasteiger partial charge in [0, 0.05) is 4.90 Å². The van der Waals surface area contributed by atoms with Crippen molar-refractivity contribution in [2.75, 3.05) is 0 Å². The van der Waals surface area contributed by atoms with Gasteiger partial charge in [0.25, 0.3) is 0 Å². The van der Waals surface area contributed by atoms with Gasteiger partial charge >= 0.3 is 0 Å². The molecule has 0 amide bonds. The zero-order valence-corrected chi connectivity index (χ0v) is 12.0. The quantitative estimate of drug-likeness (QED) is 0.493. The van der Waals surface area contributed by atoms with Crippen LogP contribution in [0.5, 0.6) is 0 Å². The molecule has 0 N–H and O–H groups in total. The Balaban J connectivity index is 2.11. The molecule has 0 bridgehead atoms. The predicted molar refractivity (Wildman–Crippen MR) is 75.5 cm³/mol. The smallest absolute Gasteiger partial charge is 0.129 e. The van der Waals surface area contributed by atoms with Crippen molar-refractivity contribution in [3.8, 4) is 11.5 Å². The van der Waals surface area contributed by atoms with E-state index in [1.54, 1.807) is 0 Å². The molecule has 16 heavy (non-hydrogen) atoms. The first-order chi connectivity index (χ1) is 7.54. The van der Waals surface area contributed by atoms with Crippen LogP contribution in [0.3, 0.4) is 0 Å². The normalized spacial score (nSPS) is 19.6. The third-order valence-corrected chi connectivity index (χ3v) is 4.71. The van der Waals surface area contributed by atoms with Crippen molar-refractivity contribution in [3.63, 3.8) is 0 Å². The minimum absolute atomic E-state index is 0.515. The predicted octanol–water partition coefficient (Wildman–Crippen LogP) is 3.97. The molecule has 0 fully saturated rings. The molecule has 1 unspecified atom stereocenters. The molecule has 0 radical (unpaired) electrons. The molecule has 1 aromatic rings. The highest BCUT2D eigenvalue weighted by molar-refractivity contribution is 8.00. The van der Waals surface area contributed by atoms with Gasteiger partial charge in [0.2, 0.25) is 0 Å². The fourth-order valence-corrected chi connectivity index (χ4v) is 3.57. The van der Waals surface area contributed by atoms with Crippen molar-refractivity contribution < 1.29 is 0 Å². The summed E-state index contributed by atoms with van der Waals surface area (Å²) in [6, 6.07) is 8.72. The largest absolute Gasteiger partial charge is 0.131 e. The summed E-state index contributed by atoms with van der Waals surface area (Å²) in [4.78, 5) is 1.43. The van der Waals surface area contributed by atoms with E-state index < -0.39 is 8.07 Å². The lowest BCUT2D eigenvalue weighted by Gasteiger charge is -2.20. The maximum absolute atomic E-state index is 3.49. The molecule has 2 rings (SSSR count). The van der Waals surface area contributed by atoms with Crippen LogP contribution in [0, 0.1) is 11.5 Å². The van der Waals surface area contributed by atoms with Crippen molar-refractivity contribution in [2.24, 2.45) is 0 Å². The van der Waals surface area contributed by atoms with Crippen LogP contribution in [0.2, 0.25) is 19.6 Å². The Morgan fingerprint density at radius 3 is 2.75 bits per heavy atom. The molecule has 1 aromatic carbocycles. The highest BCUT2D eigenvalue weighted by Crippen LogP contribution is 2.34. The van der Waals surface area contributed by atoms with E-state index in [2.05, 4.69) is 55.4 Å². The number of aryl methyl sites for hydroxylation is 1. The maximum atomic E-state index is 3.49. The van der Waals surface area contributed by atoms with Crippen molar-refractivity contribution in [2.45, 2.75) is 42.6 Å². The topological polar surface area (TPSA) is 0 Å². The average molecular weight is 246 g/mol. The molecule has 0 aromatic heterocycles. The Kier molecular flexibility index (Phi) is 3.46. The van der Waals surface area contributed by atoms with Gasteiger partial charge in [-0.15, -0.1) is 17.3 Å². The lowest BCUT2D eigenvalue weighted by Crippen LogP contribution is -2.18. The van der Waals surface area contributed by atoms with Crippen molar-refractivity contribution in [3.05, 3.63) is 29.8 Å². The van der Waals surface area contributed by atoms with E-state index in [4.69, 9.17) is 0 Å². The minimum atomic E-state index is -1.21. The number of rotatable bonds is 0. The lowest BCUT2D eigenvalue weighted by molar-refractivity contribution is 0.833. The summed E-state index contributed by atoms with van der Waals surface area (Å²) in [6.45, 7) is 6.92. The molecule has 0 saturated carbocycles. The zero-order valence-electron chi connectivity index (χ0n) is 10.2. The van der Waals surface area contributed by atoms with E-state index in [0.29, 0.717) is 5.25 Å². The SMILES string of the molecule is C[Si](C)(C)C#CC1CCc2ccccc2S1. The molecule has 0 nitrogen and oxygen atoms in total. The minimum Gasteiger partial charge on any atom is -0.131 e. The van der Waals surface area contributed by atoms with E-state index in [1.165, 1.54) is 23.3 Å². The highest BCUT2D eigenvalue weighted by Gasteiger charge is 2.17. The van der Waals surface area contributed by atoms with Crippen LogP contribution in [-0.4, -0.2) is 13.3 Å². The van der Waals surface area contributed by atoms with Crippen LogP contribution >= 0.6 is 11.8 Å². The maximum Gasteiger partial charge on any atom is 0.129 e. The first-order valence-electron chi connectivity index (χ1n) is 5.82. The van der Waals surface area contributed by atoms with Crippen molar-refractivity contribution >= 4 is 19.8 Å². The van der Waals surface area contributed by atoms with Gasteiger partial charge in [0.05, 0.1) is 5.25 Å². The Hall–Kier alpha value is -0.653. The second-order valence-corrected chi connectivity index (χ2v) is 11.3. The summed E-state index contributed by atoms with van der Waals surface area (Å²) in [7, 11) is -1.21. The molecule has 1 heterocycles. The van der Waals surface area contributed by atoms with Crippen LogP contribution in [0.1, 0.15) is 12.0 Å². The van der Waals surface area contributed by atoms with Gasteiger partial charge in [-0.3, -0.25) is 0 Å². The first kappa shape index (κ1) is 11.8. The van der Waals surface area contributed by atoms with Gasteiger partial charge in [-0.05, 0) is 24.5 Å². The van der Waals surface area contributed by atoms with Gasteiger partial charge < -0.3 is 0 Å².